The van der Waals surface area contributed by atoms with Crippen molar-refractivity contribution < 1.29 is 9.30 Å². The van der Waals surface area contributed by atoms with Gasteiger partial charge in [0.1, 0.15) is 0 Å². The Kier molecular flexibility index (Phi) is 5.51. The number of benzene rings is 4. The van der Waals surface area contributed by atoms with Crippen LogP contribution in [0.25, 0.3) is 0 Å². The van der Waals surface area contributed by atoms with E-state index >= 15 is 4.57 Å². The van der Waals surface area contributed by atoms with Crippen molar-refractivity contribution in [3.63, 3.8) is 0 Å². The Labute approximate surface area is 188 Å². The fraction of sp³-hybridized carbons (Fsp3) is 0.107. The monoisotopic (exact) mass is 437 g/mol. The zero-order valence-electron chi connectivity index (χ0n) is 17.8. The van der Waals surface area contributed by atoms with Gasteiger partial charge in [0.15, 0.2) is 19.0 Å². The zero-order chi connectivity index (χ0) is 22.0. The summed E-state index contributed by atoms with van der Waals surface area (Å²) >= 11 is 0. The van der Waals surface area contributed by atoms with Gasteiger partial charge in [0.2, 0.25) is 5.90 Å². The van der Waals surface area contributed by atoms with Crippen LogP contribution in [0.1, 0.15) is 22.8 Å². The fourth-order valence-corrected chi connectivity index (χ4v) is 7.17. The molecule has 0 bridgehead atoms. The van der Waals surface area contributed by atoms with Gasteiger partial charge in [-0.2, -0.15) is 0 Å². The minimum atomic E-state index is -3.18. The molecule has 1 aliphatic rings. The van der Waals surface area contributed by atoms with Crippen molar-refractivity contribution in [1.29, 1.82) is 0 Å². The smallest absolute Gasteiger partial charge is 0.217 e. The van der Waals surface area contributed by atoms with Crippen molar-refractivity contribution >= 4 is 23.6 Å². The molecule has 1 heterocycles. The van der Waals surface area contributed by atoms with E-state index in [1.54, 1.807) is 0 Å². The molecule has 0 radical (unpaired) electrons. The van der Waals surface area contributed by atoms with E-state index in [1.165, 1.54) is 5.56 Å². The van der Waals surface area contributed by atoms with Crippen molar-refractivity contribution in [2.75, 3.05) is 0 Å². The highest BCUT2D eigenvalue weighted by Crippen LogP contribution is 2.56. The molecule has 1 aliphatic heterocycles. The quantitative estimate of drug-likeness (QED) is 0.367. The van der Waals surface area contributed by atoms with E-state index in [-0.39, 0.29) is 0 Å². The van der Waals surface area contributed by atoms with Crippen LogP contribution in [0.2, 0.25) is 0 Å². The Hall–Kier alpha value is -3.42. The van der Waals surface area contributed by atoms with Crippen LogP contribution in [0.3, 0.4) is 0 Å². The van der Waals surface area contributed by atoms with Gasteiger partial charge < -0.3 is 9.30 Å². The third kappa shape index (κ3) is 3.70. The van der Waals surface area contributed by atoms with Crippen LogP contribution in [-0.2, 0) is 9.30 Å². The van der Waals surface area contributed by atoms with Crippen molar-refractivity contribution in [3.8, 4) is 0 Å². The minimum Gasteiger partial charge on any atom is -0.466 e. The normalized spacial score (nSPS) is 18.1. The summed E-state index contributed by atoms with van der Waals surface area (Å²) in [5.74, 6) is -0.0292. The summed E-state index contributed by atoms with van der Waals surface area (Å²) in [7, 11) is -3.18. The van der Waals surface area contributed by atoms with Gasteiger partial charge in [0.05, 0.1) is 0 Å². The molecular weight excluding hydrogens is 413 g/mol. The molecule has 0 aliphatic carbocycles. The molecule has 0 spiro atoms. The molecule has 3 nitrogen and oxygen atoms in total. The number of hydrogen-bond acceptors (Lipinski definition) is 3. The molecule has 0 N–H and O–H groups in total. The molecule has 5 rings (SSSR count). The molecule has 2 atom stereocenters. The highest BCUT2D eigenvalue weighted by atomic mass is 31.2. The maximum Gasteiger partial charge on any atom is 0.217 e. The SMILES string of the molecule is Cc1ccc([C@@H]2OC(c3ccccc3)=N[C@@H]2P(=O)(c2ccccc2)c2ccccc2)cc1. The lowest BCUT2D eigenvalue weighted by Gasteiger charge is -2.27. The van der Waals surface area contributed by atoms with Crippen LogP contribution < -0.4 is 10.6 Å². The van der Waals surface area contributed by atoms with Gasteiger partial charge in [0.25, 0.3) is 0 Å². The molecule has 0 saturated carbocycles. The predicted octanol–water partition coefficient (Wildman–Crippen LogP) is 5.85. The highest BCUT2D eigenvalue weighted by molar-refractivity contribution is 7.79. The van der Waals surface area contributed by atoms with E-state index in [4.69, 9.17) is 9.73 Å². The van der Waals surface area contributed by atoms with Gasteiger partial charge in [-0.25, -0.2) is 4.99 Å². The fourth-order valence-electron chi connectivity index (χ4n) is 4.14. The lowest BCUT2D eigenvalue weighted by molar-refractivity contribution is 0.219. The largest absolute Gasteiger partial charge is 0.466 e. The summed E-state index contributed by atoms with van der Waals surface area (Å²) in [5, 5.41) is 1.57. The lowest BCUT2D eigenvalue weighted by Crippen LogP contribution is -2.27. The molecule has 4 aromatic carbocycles. The van der Waals surface area contributed by atoms with Gasteiger partial charge in [-0.3, -0.25) is 0 Å². The number of rotatable bonds is 5. The summed E-state index contributed by atoms with van der Waals surface area (Å²) in [6.45, 7) is 2.06. The number of nitrogens with zero attached hydrogens (tertiary/aromatic N) is 1. The van der Waals surface area contributed by atoms with E-state index in [2.05, 4.69) is 31.2 Å². The molecule has 32 heavy (non-hydrogen) atoms. The first-order chi connectivity index (χ1) is 15.7. The van der Waals surface area contributed by atoms with Crippen LogP contribution in [-0.4, -0.2) is 11.7 Å². The van der Waals surface area contributed by atoms with Gasteiger partial charge in [-0.1, -0.05) is 109 Å². The standard InChI is InChI=1S/C28H24NO2P/c1-21-17-19-22(20-18-21)26-28(29-27(31-26)23-11-5-2-6-12-23)32(30,24-13-7-3-8-14-24)25-15-9-4-10-16-25/h2-20,26,28H,1H3/t26-,28+/m0/s1. The number of hydrogen-bond donors (Lipinski definition) is 0. The zero-order valence-corrected chi connectivity index (χ0v) is 18.7. The predicted molar refractivity (Wildman–Crippen MR) is 132 cm³/mol. The van der Waals surface area contributed by atoms with Gasteiger partial charge in [-0.15, -0.1) is 0 Å². The van der Waals surface area contributed by atoms with Crippen molar-refractivity contribution in [3.05, 3.63) is 132 Å². The van der Waals surface area contributed by atoms with E-state index in [9.17, 15) is 0 Å². The summed E-state index contributed by atoms with van der Waals surface area (Å²) < 4.78 is 21.5. The molecule has 0 unspecified atom stereocenters. The minimum absolute atomic E-state index is 0.447. The second kappa shape index (κ2) is 8.61. The molecule has 0 amide bonds. The van der Waals surface area contributed by atoms with Crippen LogP contribution >= 0.6 is 7.14 Å². The highest BCUT2D eigenvalue weighted by Gasteiger charge is 2.47. The summed E-state index contributed by atoms with van der Waals surface area (Å²) in [6, 6.07) is 37.5. The molecule has 0 saturated heterocycles. The Morgan fingerprint density at radius 2 is 1.19 bits per heavy atom. The maximum absolute atomic E-state index is 15.1. The van der Waals surface area contributed by atoms with Crippen LogP contribution in [0.15, 0.2) is 120 Å². The second-order valence-electron chi connectivity index (χ2n) is 7.99. The molecular formula is C28H24NO2P. The maximum atomic E-state index is 15.1. The van der Waals surface area contributed by atoms with Crippen molar-refractivity contribution in [2.45, 2.75) is 18.8 Å². The van der Waals surface area contributed by atoms with E-state index < -0.39 is 19.0 Å². The summed E-state index contributed by atoms with van der Waals surface area (Å²) in [5.41, 5.74) is 3.03. The molecule has 4 heteroatoms. The Morgan fingerprint density at radius 3 is 1.72 bits per heavy atom. The Balaban J connectivity index is 1.71. The van der Waals surface area contributed by atoms with E-state index in [0.29, 0.717) is 5.90 Å². The first-order valence-electron chi connectivity index (χ1n) is 10.7. The van der Waals surface area contributed by atoms with Crippen molar-refractivity contribution in [2.24, 2.45) is 4.99 Å². The van der Waals surface area contributed by atoms with Crippen LogP contribution in [0.4, 0.5) is 0 Å². The number of ether oxygens (including phenoxy) is 1. The second-order valence-corrected chi connectivity index (χ2v) is 10.9. The first kappa shape index (κ1) is 20.5. The van der Waals surface area contributed by atoms with Gasteiger partial charge in [0, 0.05) is 16.2 Å². The molecule has 0 aromatic heterocycles. The number of aliphatic imine (C=N–C) groups is 1. The third-order valence-corrected chi connectivity index (χ3v) is 9.10. The molecule has 158 valence electrons. The average molecular weight is 437 g/mol. The Morgan fingerprint density at radius 1 is 0.688 bits per heavy atom. The number of aryl methyl sites for hydroxylation is 1. The molecule has 4 aromatic rings. The summed E-state index contributed by atoms with van der Waals surface area (Å²) in [4.78, 5) is 4.99. The third-order valence-electron chi connectivity index (χ3n) is 5.84. The summed E-state index contributed by atoms with van der Waals surface area (Å²) in [6.07, 6.45) is -0.447. The van der Waals surface area contributed by atoms with Gasteiger partial charge >= 0.3 is 0 Å². The Bertz CT molecular complexity index is 1230. The van der Waals surface area contributed by atoms with E-state index in [0.717, 1.165) is 21.7 Å². The molecule has 0 fully saturated rings. The van der Waals surface area contributed by atoms with E-state index in [1.807, 2.05) is 91.0 Å². The van der Waals surface area contributed by atoms with Gasteiger partial charge in [-0.05, 0) is 24.6 Å². The van der Waals surface area contributed by atoms with Crippen LogP contribution in [0, 0.1) is 6.92 Å². The van der Waals surface area contributed by atoms with Crippen LogP contribution in [0.5, 0.6) is 0 Å². The lowest BCUT2D eigenvalue weighted by atomic mass is 10.1. The topological polar surface area (TPSA) is 38.7 Å². The average Bonchev–Trinajstić information content (AvgIpc) is 3.32. The first-order valence-corrected chi connectivity index (χ1v) is 12.5. The van der Waals surface area contributed by atoms with Crippen molar-refractivity contribution in [1.82, 2.24) is 0 Å².